The summed E-state index contributed by atoms with van der Waals surface area (Å²) in [6.45, 7) is 9.69. The van der Waals surface area contributed by atoms with Crippen LogP contribution in [0, 0.1) is 20.8 Å². The van der Waals surface area contributed by atoms with E-state index in [0.29, 0.717) is 17.1 Å². The summed E-state index contributed by atoms with van der Waals surface area (Å²) in [5, 5.41) is 2.79. The third-order valence-corrected chi connectivity index (χ3v) is 3.60. The summed E-state index contributed by atoms with van der Waals surface area (Å²) in [7, 11) is 0. The third-order valence-electron chi connectivity index (χ3n) is 3.60. The van der Waals surface area contributed by atoms with Crippen LogP contribution in [0.3, 0.4) is 0 Å². The van der Waals surface area contributed by atoms with Crippen LogP contribution in [0.25, 0.3) is 0 Å². The molecule has 1 amide bonds. The highest BCUT2D eigenvalue weighted by Crippen LogP contribution is 2.29. The first-order valence-electron chi connectivity index (χ1n) is 7.56. The minimum Gasteiger partial charge on any atom is -0.438 e. The van der Waals surface area contributed by atoms with Gasteiger partial charge in [0.05, 0.1) is 11.9 Å². The van der Waals surface area contributed by atoms with Crippen LogP contribution in [-0.2, 0) is 4.79 Å². The van der Waals surface area contributed by atoms with Crippen molar-refractivity contribution in [2.24, 2.45) is 0 Å². The van der Waals surface area contributed by atoms with Crippen molar-refractivity contribution in [1.29, 1.82) is 0 Å². The van der Waals surface area contributed by atoms with E-state index < -0.39 is 0 Å². The van der Waals surface area contributed by atoms with Crippen LogP contribution in [0.5, 0.6) is 11.6 Å². The number of ether oxygens (including phenoxy) is 1. The molecule has 0 saturated heterocycles. The zero-order chi connectivity index (χ0) is 17.0. The molecule has 2 aromatic rings. The molecule has 120 valence electrons. The van der Waals surface area contributed by atoms with Crippen molar-refractivity contribution in [3.63, 3.8) is 0 Å². The number of carbonyl (C=O) groups is 1. The zero-order valence-electron chi connectivity index (χ0n) is 14.2. The molecule has 0 radical (unpaired) electrons. The lowest BCUT2D eigenvalue weighted by Crippen LogP contribution is -2.12. The van der Waals surface area contributed by atoms with Gasteiger partial charge in [-0.15, -0.1) is 0 Å². The lowest BCUT2D eigenvalue weighted by Gasteiger charge is -2.12. The van der Waals surface area contributed by atoms with Crippen molar-refractivity contribution in [2.45, 2.75) is 34.6 Å². The average Bonchev–Trinajstić information content (AvgIpc) is 2.51. The monoisotopic (exact) mass is 310 g/mol. The highest BCUT2D eigenvalue weighted by Gasteiger charge is 2.08. The van der Waals surface area contributed by atoms with Crippen molar-refractivity contribution < 1.29 is 9.53 Å². The number of hydrogen-bond acceptors (Lipinski definition) is 3. The quantitative estimate of drug-likeness (QED) is 0.832. The summed E-state index contributed by atoms with van der Waals surface area (Å²) >= 11 is 0. The maximum atomic E-state index is 11.8. The van der Waals surface area contributed by atoms with E-state index in [4.69, 9.17) is 4.74 Å². The Hall–Kier alpha value is -2.62. The smallest absolute Gasteiger partial charge is 0.251 e. The Labute approximate surface area is 137 Å². The van der Waals surface area contributed by atoms with E-state index in [1.165, 1.54) is 5.56 Å². The number of amides is 1. The van der Waals surface area contributed by atoms with Gasteiger partial charge in [0.1, 0.15) is 5.75 Å². The number of benzene rings is 1. The molecule has 0 aliphatic rings. The van der Waals surface area contributed by atoms with Crippen LogP contribution in [0.15, 0.2) is 42.1 Å². The molecule has 1 aromatic carbocycles. The number of allylic oxidation sites excluding steroid dienone is 1. The fraction of sp³-hybridized carbons (Fsp3) is 0.263. The second-order valence-corrected chi connectivity index (χ2v) is 5.64. The van der Waals surface area contributed by atoms with Crippen molar-refractivity contribution in [3.05, 3.63) is 58.8 Å². The molecule has 0 atom stereocenters. The minimum atomic E-state index is -0.131. The molecule has 1 aromatic heterocycles. The van der Waals surface area contributed by atoms with E-state index in [1.807, 2.05) is 20.8 Å². The SMILES string of the molecule is C/C=C(\C)C(=O)Nc1ccc(Oc2c(C)cc(C)cc2C)nc1. The molecule has 0 aliphatic carbocycles. The van der Waals surface area contributed by atoms with Crippen LogP contribution < -0.4 is 10.1 Å². The number of aryl methyl sites for hydroxylation is 3. The fourth-order valence-electron chi connectivity index (χ4n) is 2.31. The van der Waals surface area contributed by atoms with Crippen LogP contribution in [-0.4, -0.2) is 10.9 Å². The van der Waals surface area contributed by atoms with E-state index in [-0.39, 0.29) is 5.91 Å². The van der Waals surface area contributed by atoms with Crippen LogP contribution >= 0.6 is 0 Å². The number of nitrogens with one attached hydrogen (secondary N) is 1. The van der Waals surface area contributed by atoms with Gasteiger partial charge in [-0.3, -0.25) is 4.79 Å². The molecule has 0 bridgehead atoms. The summed E-state index contributed by atoms with van der Waals surface area (Å²) in [6, 6.07) is 7.69. The molecule has 4 heteroatoms. The van der Waals surface area contributed by atoms with Gasteiger partial charge in [0, 0.05) is 11.6 Å². The number of pyridine rings is 1. The Bertz CT molecular complexity index is 723. The fourth-order valence-corrected chi connectivity index (χ4v) is 2.31. The topological polar surface area (TPSA) is 51.2 Å². The van der Waals surface area contributed by atoms with Crippen LogP contribution in [0.1, 0.15) is 30.5 Å². The maximum Gasteiger partial charge on any atom is 0.251 e. The minimum absolute atomic E-state index is 0.131. The zero-order valence-corrected chi connectivity index (χ0v) is 14.2. The summed E-state index contributed by atoms with van der Waals surface area (Å²) in [5.41, 5.74) is 4.66. The highest BCUT2D eigenvalue weighted by molar-refractivity contribution is 6.03. The van der Waals surface area contributed by atoms with E-state index in [2.05, 4.69) is 29.4 Å². The molecule has 1 heterocycles. The van der Waals surface area contributed by atoms with E-state index >= 15 is 0 Å². The number of nitrogens with zero attached hydrogens (tertiary/aromatic N) is 1. The summed E-state index contributed by atoms with van der Waals surface area (Å²) in [5.74, 6) is 1.19. The summed E-state index contributed by atoms with van der Waals surface area (Å²) < 4.78 is 5.89. The first kappa shape index (κ1) is 16.7. The Kier molecular flexibility index (Phi) is 5.16. The van der Waals surface area contributed by atoms with Crippen molar-refractivity contribution in [2.75, 3.05) is 5.32 Å². The Morgan fingerprint density at radius 2 is 1.83 bits per heavy atom. The largest absolute Gasteiger partial charge is 0.438 e. The highest BCUT2D eigenvalue weighted by atomic mass is 16.5. The standard InChI is InChI=1S/C19H22N2O2/c1-6-13(3)19(22)21-16-7-8-17(20-11-16)23-18-14(4)9-12(2)10-15(18)5/h6-11H,1-5H3,(H,21,22)/b13-6+. The van der Waals surface area contributed by atoms with Gasteiger partial charge in [0.2, 0.25) is 5.88 Å². The van der Waals surface area contributed by atoms with Gasteiger partial charge >= 0.3 is 0 Å². The second kappa shape index (κ2) is 7.09. The molecule has 0 fully saturated rings. The van der Waals surface area contributed by atoms with Crippen LogP contribution in [0.2, 0.25) is 0 Å². The summed E-state index contributed by atoms with van der Waals surface area (Å²) in [6.07, 6.45) is 3.36. The van der Waals surface area contributed by atoms with Crippen molar-refractivity contribution in [3.8, 4) is 11.6 Å². The molecule has 0 aliphatic heterocycles. The average molecular weight is 310 g/mol. The third kappa shape index (κ3) is 4.19. The Morgan fingerprint density at radius 3 is 2.35 bits per heavy atom. The molecule has 0 unspecified atom stereocenters. The van der Waals surface area contributed by atoms with Gasteiger partial charge in [-0.25, -0.2) is 4.98 Å². The number of aromatic nitrogens is 1. The predicted molar refractivity (Wildman–Crippen MR) is 93.0 cm³/mol. The van der Waals surface area contributed by atoms with Gasteiger partial charge in [-0.1, -0.05) is 23.8 Å². The number of anilines is 1. The Morgan fingerprint density at radius 1 is 1.17 bits per heavy atom. The summed E-state index contributed by atoms with van der Waals surface area (Å²) in [4.78, 5) is 16.1. The number of rotatable bonds is 4. The second-order valence-electron chi connectivity index (χ2n) is 5.64. The maximum absolute atomic E-state index is 11.8. The number of carbonyl (C=O) groups excluding carboxylic acids is 1. The van der Waals surface area contributed by atoms with Gasteiger partial charge < -0.3 is 10.1 Å². The van der Waals surface area contributed by atoms with Gasteiger partial charge in [-0.05, 0) is 51.8 Å². The normalized spacial score (nSPS) is 11.3. The molecule has 2 rings (SSSR count). The lowest BCUT2D eigenvalue weighted by molar-refractivity contribution is -0.112. The van der Waals surface area contributed by atoms with Crippen molar-refractivity contribution in [1.82, 2.24) is 4.98 Å². The van der Waals surface area contributed by atoms with Crippen molar-refractivity contribution >= 4 is 11.6 Å². The lowest BCUT2D eigenvalue weighted by atomic mass is 10.1. The molecule has 4 nitrogen and oxygen atoms in total. The van der Waals surface area contributed by atoms with E-state index in [0.717, 1.165) is 16.9 Å². The predicted octanol–water partition coefficient (Wildman–Crippen LogP) is 4.70. The molecule has 0 saturated carbocycles. The first-order chi connectivity index (χ1) is 10.9. The van der Waals surface area contributed by atoms with E-state index in [9.17, 15) is 4.79 Å². The van der Waals surface area contributed by atoms with Crippen LogP contribution in [0.4, 0.5) is 5.69 Å². The molecule has 1 N–H and O–H groups in total. The van der Waals surface area contributed by atoms with E-state index in [1.54, 1.807) is 31.3 Å². The van der Waals surface area contributed by atoms with Gasteiger partial charge in [0.25, 0.3) is 5.91 Å². The molecular formula is C19H22N2O2. The molecular weight excluding hydrogens is 288 g/mol. The molecule has 0 spiro atoms. The van der Waals surface area contributed by atoms with Gasteiger partial charge in [-0.2, -0.15) is 0 Å². The van der Waals surface area contributed by atoms with Gasteiger partial charge in [0.15, 0.2) is 0 Å². The first-order valence-corrected chi connectivity index (χ1v) is 7.56. The number of hydrogen-bond donors (Lipinski definition) is 1. The Balaban J connectivity index is 2.13. The molecule has 23 heavy (non-hydrogen) atoms.